The van der Waals surface area contributed by atoms with Crippen LogP contribution in [0.1, 0.15) is 17.2 Å². The lowest BCUT2D eigenvalue weighted by Crippen LogP contribution is -2.26. The molecule has 8 heteroatoms. The number of phenolic OH excluding ortho intramolecular Hbond substituents is 2. The monoisotopic (exact) mass is 404 g/mol. The summed E-state index contributed by atoms with van der Waals surface area (Å²) >= 11 is 0. The summed E-state index contributed by atoms with van der Waals surface area (Å²) in [7, 11) is 4.46. The van der Waals surface area contributed by atoms with Gasteiger partial charge in [0.05, 0.1) is 14.2 Å². The molecule has 0 aliphatic rings. The van der Waals surface area contributed by atoms with Gasteiger partial charge in [0.15, 0.2) is 23.0 Å². The van der Waals surface area contributed by atoms with E-state index in [-0.39, 0.29) is 18.1 Å². The van der Waals surface area contributed by atoms with Crippen molar-refractivity contribution in [2.24, 2.45) is 0 Å². The van der Waals surface area contributed by atoms with E-state index in [1.807, 2.05) is 0 Å². The van der Waals surface area contributed by atoms with Gasteiger partial charge >= 0.3 is 5.97 Å². The number of aliphatic hydroxyl groups is 1. The first-order valence-corrected chi connectivity index (χ1v) is 8.69. The van der Waals surface area contributed by atoms with Gasteiger partial charge in [-0.15, -0.1) is 0 Å². The van der Waals surface area contributed by atoms with Crippen LogP contribution in [0.15, 0.2) is 42.5 Å². The molecular formula is C21H24O8. The van der Waals surface area contributed by atoms with E-state index in [9.17, 15) is 20.1 Å². The summed E-state index contributed by atoms with van der Waals surface area (Å²) < 4.78 is 20.8. The van der Waals surface area contributed by atoms with Crippen molar-refractivity contribution in [3.63, 3.8) is 0 Å². The Morgan fingerprint density at radius 2 is 1.72 bits per heavy atom. The maximum absolute atomic E-state index is 11.9. The second kappa shape index (κ2) is 10.4. The number of phenols is 2. The molecule has 0 unspecified atom stereocenters. The van der Waals surface area contributed by atoms with Gasteiger partial charge in [-0.1, -0.05) is 12.1 Å². The summed E-state index contributed by atoms with van der Waals surface area (Å²) in [6, 6.07) is 9.20. The molecule has 156 valence electrons. The van der Waals surface area contributed by atoms with Crippen LogP contribution < -0.4 is 9.47 Å². The maximum Gasteiger partial charge on any atom is 0.330 e. The summed E-state index contributed by atoms with van der Waals surface area (Å²) in [5.74, 6) is -0.213. The van der Waals surface area contributed by atoms with Crippen molar-refractivity contribution in [2.75, 3.05) is 27.9 Å². The third-order valence-corrected chi connectivity index (χ3v) is 4.15. The number of esters is 1. The molecule has 0 radical (unpaired) electrons. The Morgan fingerprint density at radius 3 is 2.34 bits per heavy atom. The van der Waals surface area contributed by atoms with E-state index in [1.165, 1.54) is 45.6 Å². The fourth-order valence-corrected chi connectivity index (χ4v) is 2.66. The van der Waals surface area contributed by atoms with E-state index in [1.54, 1.807) is 18.2 Å². The number of methoxy groups -OCH3 is 3. The molecule has 0 aliphatic carbocycles. The molecule has 0 saturated heterocycles. The van der Waals surface area contributed by atoms with E-state index in [0.29, 0.717) is 22.6 Å². The average Bonchev–Trinajstić information content (AvgIpc) is 2.73. The average molecular weight is 404 g/mol. The largest absolute Gasteiger partial charge is 0.504 e. The quantitative estimate of drug-likeness (QED) is 0.332. The maximum atomic E-state index is 11.9. The molecule has 0 amide bonds. The van der Waals surface area contributed by atoms with Crippen molar-refractivity contribution in [2.45, 2.75) is 12.2 Å². The summed E-state index contributed by atoms with van der Waals surface area (Å²) in [6.45, 7) is -0.295. The summed E-state index contributed by atoms with van der Waals surface area (Å²) in [5, 5.41) is 29.1. The molecule has 8 nitrogen and oxygen atoms in total. The van der Waals surface area contributed by atoms with Gasteiger partial charge in [0, 0.05) is 13.2 Å². The van der Waals surface area contributed by atoms with Crippen molar-refractivity contribution in [3.8, 4) is 23.0 Å². The zero-order chi connectivity index (χ0) is 21.4. The molecule has 29 heavy (non-hydrogen) atoms. The van der Waals surface area contributed by atoms with Crippen molar-refractivity contribution < 1.29 is 39.1 Å². The van der Waals surface area contributed by atoms with Crippen LogP contribution in [0.3, 0.4) is 0 Å². The number of hydrogen-bond donors (Lipinski definition) is 3. The van der Waals surface area contributed by atoms with E-state index < -0.39 is 18.2 Å². The molecule has 2 rings (SSSR count). The third kappa shape index (κ3) is 5.87. The number of aromatic hydroxyl groups is 2. The number of carbonyl (C=O) groups is 1. The highest BCUT2D eigenvalue weighted by Gasteiger charge is 2.23. The van der Waals surface area contributed by atoms with Gasteiger partial charge in [0.25, 0.3) is 0 Å². The van der Waals surface area contributed by atoms with Crippen molar-refractivity contribution in [1.82, 2.24) is 0 Å². The zero-order valence-electron chi connectivity index (χ0n) is 16.4. The van der Waals surface area contributed by atoms with Gasteiger partial charge in [-0.05, 0) is 41.5 Å². The van der Waals surface area contributed by atoms with Crippen LogP contribution in [-0.2, 0) is 14.3 Å². The summed E-state index contributed by atoms with van der Waals surface area (Å²) in [5.41, 5.74) is 1.13. The minimum Gasteiger partial charge on any atom is -0.504 e. The fourth-order valence-electron chi connectivity index (χ4n) is 2.66. The van der Waals surface area contributed by atoms with Crippen LogP contribution in [0.5, 0.6) is 23.0 Å². The number of carbonyl (C=O) groups excluding carboxylic acids is 1. The van der Waals surface area contributed by atoms with Crippen LogP contribution in [0.25, 0.3) is 6.08 Å². The number of rotatable bonds is 9. The number of ether oxygens (including phenoxy) is 4. The standard InChI is InChI=1S/C21H24O8/c1-26-18-8-6-14(11-19(18)27-2)21(28-3)17(24)12-29-20(25)9-5-13-4-7-15(22)16(23)10-13/h4-11,17,21-24H,12H2,1-3H3/b9-5+/t17-,21+/m0/s1. The molecule has 3 N–H and O–H groups in total. The highest BCUT2D eigenvalue weighted by molar-refractivity contribution is 5.87. The van der Waals surface area contributed by atoms with Crippen LogP contribution in [0.4, 0.5) is 0 Å². The van der Waals surface area contributed by atoms with Crippen LogP contribution in [0.2, 0.25) is 0 Å². The Hall–Kier alpha value is -3.23. The Morgan fingerprint density at radius 1 is 1.00 bits per heavy atom. The summed E-state index contributed by atoms with van der Waals surface area (Å²) in [4.78, 5) is 11.9. The fraction of sp³-hybridized carbons (Fsp3) is 0.286. The molecule has 0 aliphatic heterocycles. The highest BCUT2D eigenvalue weighted by atomic mass is 16.5. The molecule has 0 bridgehead atoms. The lowest BCUT2D eigenvalue weighted by atomic mass is 10.0. The Kier molecular flexibility index (Phi) is 7.88. The van der Waals surface area contributed by atoms with Crippen LogP contribution in [-0.4, -0.2) is 55.3 Å². The first-order chi connectivity index (χ1) is 13.9. The van der Waals surface area contributed by atoms with Gasteiger partial charge in [-0.25, -0.2) is 4.79 Å². The van der Waals surface area contributed by atoms with E-state index in [4.69, 9.17) is 18.9 Å². The molecule has 0 saturated carbocycles. The minimum atomic E-state index is -1.12. The van der Waals surface area contributed by atoms with E-state index >= 15 is 0 Å². The Balaban J connectivity index is 1.98. The predicted octanol–water partition coefficient (Wildman–Crippen LogP) is 2.42. The number of aliphatic hydroxyl groups excluding tert-OH is 1. The molecule has 2 aromatic rings. The van der Waals surface area contributed by atoms with Crippen molar-refractivity contribution >= 4 is 12.0 Å². The molecule has 0 heterocycles. The van der Waals surface area contributed by atoms with Gasteiger partial charge < -0.3 is 34.3 Å². The SMILES string of the molecule is COc1ccc([C@@H](OC)[C@@H](O)COC(=O)/C=C/c2ccc(O)c(O)c2)cc1OC. The molecule has 0 spiro atoms. The first kappa shape index (κ1) is 22.1. The number of benzene rings is 2. The lowest BCUT2D eigenvalue weighted by molar-refractivity contribution is -0.143. The number of hydrogen-bond acceptors (Lipinski definition) is 8. The minimum absolute atomic E-state index is 0.256. The topological polar surface area (TPSA) is 115 Å². The smallest absolute Gasteiger partial charge is 0.330 e. The van der Waals surface area contributed by atoms with E-state index in [0.717, 1.165) is 6.08 Å². The third-order valence-electron chi connectivity index (χ3n) is 4.15. The predicted molar refractivity (Wildman–Crippen MR) is 105 cm³/mol. The molecule has 2 atom stereocenters. The second-order valence-corrected chi connectivity index (χ2v) is 6.05. The molecule has 2 aromatic carbocycles. The lowest BCUT2D eigenvalue weighted by Gasteiger charge is -2.22. The van der Waals surface area contributed by atoms with Gasteiger partial charge in [0.1, 0.15) is 18.8 Å². The van der Waals surface area contributed by atoms with Crippen molar-refractivity contribution in [1.29, 1.82) is 0 Å². The van der Waals surface area contributed by atoms with E-state index in [2.05, 4.69) is 0 Å². The normalized spacial score (nSPS) is 13.1. The molecule has 0 fully saturated rings. The summed E-state index contributed by atoms with van der Waals surface area (Å²) in [6.07, 6.45) is 0.695. The molecular weight excluding hydrogens is 380 g/mol. The highest BCUT2D eigenvalue weighted by Crippen LogP contribution is 2.32. The van der Waals surface area contributed by atoms with Gasteiger partial charge in [0.2, 0.25) is 0 Å². The molecule has 0 aromatic heterocycles. The Bertz CT molecular complexity index is 862. The second-order valence-electron chi connectivity index (χ2n) is 6.05. The van der Waals surface area contributed by atoms with Gasteiger partial charge in [-0.2, -0.15) is 0 Å². The first-order valence-electron chi connectivity index (χ1n) is 8.69. The van der Waals surface area contributed by atoms with Crippen molar-refractivity contribution in [3.05, 3.63) is 53.6 Å². The Labute approximate surface area is 168 Å². The zero-order valence-corrected chi connectivity index (χ0v) is 16.4. The van der Waals surface area contributed by atoms with Gasteiger partial charge in [-0.3, -0.25) is 0 Å². The van der Waals surface area contributed by atoms with Crippen LogP contribution in [0, 0.1) is 0 Å². The van der Waals surface area contributed by atoms with Crippen LogP contribution >= 0.6 is 0 Å².